The van der Waals surface area contributed by atoms with Crippen molar-refractivity contribution >= 4 is 23.5 Å². The van der Waals surface area contributed by atoms with Crippen LogP contribution in [0.15, 0.2) is 24.3 Å². The number of urea groups is 1. The number of hydrogen-bond acceptors (Lipinski definition) is 2. The van der Waals surface area contributed by atoms with Crippen molar-refractivity contribution in [1.29, 1.82) is 0 Å². The first-order valence-corrected chi connectivity index (χ1v) is 9.76. The van der Waals surface area contributed by atoms with E-state index in [1.54, 1.807) is 24.3 Å². The van der Waals surface area contributed by atoms with Crippen molar-refractivity contribution in [3.63, 3.8) is 0 Å². The molecule has 9 heteroatoms. The van der Waals surface area contributed by atoms with Gasteiger partial charge in [-0.05, 0) is 49.3 Å². The maximum absolute atomic E-state index is 13.0. The summed E-state index contributed by atoms with van der Waals surface area (Å²) >= 11 is 5.95. The highest BCUT2D eigenvalue weighted by Gasteiger charge is 2.43. The molecule has 0 spiro atoms. The van der Waals surface area contributed by atoms with Gasteiger partial charge in [-0.25, -0.2) is 4.79 Å². The number of piperazine rings is 1. The minimum Gasteiger partial charge on any atom is -0.353 e. The third kappa shape index (κ3) is 5.10. The molecular weight excluding hydrogens is 395 g/mol. The third-order valence-electron chi connectivity index (χ3n) is 5.54. The van der Waals surface area contributed by atoms with Crippen LogP contribution in [0.2, 0.25) is 5.02 Å². The van der Waals surface area contributed by atoms with E-state index in [0.29, 0.717) is 31.0 Å². The molecule has 0 unspecified atom stereocenters. The summed E-state index contributed by atoms with van der Waals surface area (Å²) in [4.78, 5) is 25.7. The van der Waals surface area contributed by atoms with Gasteiger partial charge in [0, 0.05) is 18.1 Å². The number of benzene rings is 1. The van der Waals surface area contributed by atoms with E-state index in [9.17, 15) is 22.8 Å². The summed E-state index contributed by atoms with van der Waals surface area (Å²) in [7, 11) is 0. The lowest BCUT2D eigenvalue weighted by Gasteiger charge is -2.36. The van der Waals surface area contributed by atoms with Gasteiger partial charge >= 0.3 is 12.2 Å². The van der Waals surface area contributed by atoms with E-state index in [-0.39, 0.29) is 37.2 Å². The molecule has 1 saturated heterocycles. The number of nitrogens with zero attached hydrogens (tertiary/aromatic N) is 1. The van der Waals surface area contributed by atoms with Crippen LogP contribution in [0.25, 0.3) is 0 Å². The summed E-state index contributed by atoms with van der Waals surface area (Å²) in [6.07, 6.45) is -3.32. The van der Waals surface area contributed by atoms with Gasteiger partial charge in [0.1, 0.15) is 6.54 Å². The van der Waals surface area contributed by atoms with Crippen molar-refractivity contribution in [3.8, 4) is 0 Å². The van der Waals surface area contributed by atoms with Crippen LogP contribution in [-0.2, 0) is 4.79 Å². The van der Waals surface area contributed by atoms with E-state index in [1.165, 1.54) is 4.90 Å². The molecule has 0 bridgehead atoms. The second-order valence-corrected chi connectivity index (χ2v) is 7.84. The molecule has 3 rings (SSSR count). The average Bonchev–Trinajstić information content (AvgIpc) is 2.66. The fourth-order valence-electron chi connectivity index (χ4n) is 3.96. The Morgan fingerprint density at radius 1 is 1.18 bits per heavy atom. The number of carbonyl (C=O) groups excluding carboxylic acids is 2. The van der Waals surface area contributed by atoms with Crippen molar-refractivity contribution in [2.45, 2.75) is 37.9 Å². The number of rotatable bonds is 3. The largest absolute Gasteiger partial charge is 0.391 e. The van der Waals surface area contributed by atoms with Crippen molar-refractivity contribution in [3.05, 3.63) is 34.9 Å². The molecule has 0 aromatic heterocycles. The van der Waals surface area contributed by atoms with Gasteiger partial charge in [0.2, 0.25) is 5.91 Å². The highest BCUT2D eigenvalue weighted by molar-refractivity contribution is 6.30. The summed E-state index contributed by atoms with van der Waals surface area (Å²) in [5, 5.41) is 6.15. The van der Waals surface area contributed by atoms with E-state index in [0.717, 1.165) is 5.56 Å². The van der Waals surface area contributed by atoms with Crippen molar-refractivity contribution in [2.24, 2.45) is 11.8 Å². The molecule has 2 aliphatic rings. The summed E-state index contributed by atoms with van der Waals surface area (Å²) in [6.45, 7) is 0.750. The first-order valence-electron chi connectivity index (χ1n) is 9.38. The van der Waals surface area contributed by atoms with Gasteiger partial charge in [0.15, 0.2) is 0 Å². The zero-order valence-corrected chi connectivity index (χ0v) is 16.0. The maximum atomic E-state index is 13.0. The molecule has 0 radical (unpaired) electrons. The fourth-order valence-corrected chi connectivity index (χ4v) is 4.09. The monoisotopic (exact) mass is 417 g/mol. The Hall–Kier alpha value is -1.96. The molecule has 1 saturated carbocycles. The minimum atomic E-state index is -4.18. The predicted molar refractivity (Wildman–Crippen MR) is 98.8 cm³/mol. The van der Waals surface area contributed by atoms with Crippen LogP contribution >= 0.6 is 11.6 Å². The highest BCUT2D eigenvalue weighted by atomic mass is 35.5. The number of carbonyl (C=O) groups is 2. The fraction of sp³-hybridized carbons (Fsp3) is 0.579. The van der Waals surface area contributed by atoms with Gasteiger partial charge < -0.3 is 15.5 Å². The average molecular weight is 418 g/mol. The van der Waals surface area contributed by atoms with E-state index < -0.39 is 18.1 Å². The number of halogens is 4. The minimum absolute atomic E-state index is 0.0278. The SMILES string of the molecule is O=C1CN(C(=O)N[C@H](c2ccc(Cl)cc2)C2CCC(C(F)(F)F)CC2)CCN1. The molecule has 1 aromatic rings. The summed E-state index contributed by atoms with van der Waals surface area (Å²) in [5.41, 5.74) is 0.801. The number of alkyl halides is 3. The van der Waals surface area contributed by atoms with E-state index >= 15 is 0 Å². The second kappa shape index (κ2) is 8.59. The Balaban J connectivity index is 1.73. The summed E-state index contributed by atoms with van der Waals surface area (Å²) in [5.74, 6) is -1.62. The Kier molecular flexibility index (Phi) is 6.37. The van der Waals surface area contributed by atoms with Crippen LogP contribution in [0.1, 0.15) is 37.3 Å². The Morgan fingerprint density at radius 2 is 1.82 bits per heavy atom. The van der Waals surface area contributed by atoms with Crippen LogP contribution in [0, 0.1) is 11.8 Å². The van der Waals surface area contributed by atoms with Gasteiger partial charge in [-0.15, -0.1) is 0 Å². The van der Waals surface area contributed by atoms with Crippen LogP contribution in [-0.4, -0.2) is 42.6 Å². The Morgan fingerprint density at radius 3 is 2.39 bits per heavy atom. The predicted octanol–water partition coefficient (Wildman–Crippen LogP) is 3.89. The van der Waals surface area contributed by atoms with Crippen molar-refractivity contribution < 1.29 is 22.8 Å². The highest BCUT2D eigenvalue weighted by Crippen LogP contribution is 2.43. The normalized spacial score (nSPS) is 24.4. The smallest absolute Gasteiger partial charge is 0.353 e. The first-order chi connectivity index (χ1) is 13.2. The van der Waals surface area contributed by atoms with E-state index in [4.69, 9.17) is 11.6 Å². The van der Waals surface area contributed by atoms with Crippen molar-refractivity contribution in [1.82, 2.24) is 15.5 Å². The molecule has 2 N–H and O–H groups in total. The van der Waals surface area contributed by atoms with Gasteiger partial charge in [-0.1, -0.05) is 23.7 Å². The standard InChI is InChI=1S/C19H23ClF3N3O2/c20-15-7-3-13(4-8-15)17(12-1-5-14(6-2-12)19(21,22)23)25-18(28)26-10-9-24-16(27)11-26/h3-4,7-8,12,14,17H,1-2,5-6,9-11H2,(H,24,27)(H,25,28)/t12?,14?,17-/m0/s1. The lowest BCUT2D eigenvalue weighted by molar-refractivity contribution is -0.184. The molecule has 1 heterocycles. The summed E-state index contributed by atoms with van der Waals surface area (Å²) in [6, 6.07) is 6.16. The third-order valence-corrected chi connectivity index (χ3v) is 5.79. The lowest BCUT2D eigenvalue weighted by atomic mass is 9.76. The van der Waals surface area contributed by atoms with Crippen LogP contribution in [0.4, 0.5) is 18.0 Å². The molecule has 1 aromatic carbocycles. The molecule has 28 heavy (non-hydrogen) atoms. The topological polar surface area (TPSA) is 61.4 Å². The molecule has 1 aliphatic carbocycles. The van der Waals surface area contributed by atoms with Crippen LogP contribution in [0.5, 0.6) is 0 Å². The first kappa shape index (κ1) is 20.8. The van der Waals surface area contributed by atoms with Gasteiger partial charge in [-0.3, -0.25) is 4.79 Å². The van der Waals surface area contributed by atoms with Crippen LogP contribution < -0.4 is 10.6 Å². The zero-order chi connectivity index (χ0) is 20.3. The Bertz CT molecular complexity index is 703. The van der Waals surface area contributed by atoms with Crippen molar-refractivity contribution in [2.75, 3.05) is 19.6 Å². The van der Waals surface area contributed by atoms with Gasteiger partial charge in [0.05, 0.1) is 12.0 Å². The maximum Gasteiger partial charge on any atom is 0.391 e. The number of amides is 3. The quantitative estimate of drug-likeness (QED) is 0.783. The molecule has 5 nitrogen and oxygen atoms in total. The van der Waals surface area contributed by atoms with Gasteiger partial charge in [0.25, 0.3) is 0 Å². The second-order valence-electron chi connectivity index (χ2n) is 7.40. The van der Waals surface area contributed by atoms with Gasteiger partial charge in [-0.2, -0.15) is 13.2 Å². The zero-order valence-electron chi connectivity index (χ0n) is 15.3. The molecule has 1 atom stereocenters. The molecule has 154 valence electrons. The molecule has 2 fully saturated rings. The lowest BCUT2D eigenvalue weighted by Crippen LogP contribution is -2.54. The number of nitrogens with one attached hydrogen (secondary N) is 2. The van der Waals surface area contributed by atoms with E-state index in [2.05, 4.69) is 10.6 Å². The van der Waals surface area contributed by atoms with Crippen LogP contribution in [0.3, 0.4) is 0 Å². The number of hydrogen-bond donors (Lipinski definition) is 2. The molecule has 1 aliphatic heterocycles. The molecule has 3 amide bonds. The Labute approximate surface area is 166 Å². The molecular formula is C19H23ClF3N3O2. The summed E-state index contributed by atoms with van der Waals surface area (Å²) < 4.78 is 39.0. The van der Waals surface area contributed by atoms with E-state index in [1.807, 2.05) is 0 Å².